The van der Waals surface area contributed by atoms with E-state index in [2.05, 4.69) is 5.32 Å². The second-order valence-electron chi connectivity index (χ2n) is 4.15. The third-order valence-corrected chi connectivity index (χ3v) is 2.07. The summed E-state index contributed by atoms with van der Waals surface area (Å²) in [5, 5.41) is 2.81. The van der Waals surface area contributed by atoms with E-state index in [9.17, 15) is 4.79 Å². The maximum Gasteiger partial charge on any atom is 0.248 e. The molecule has 86 valence electrons. The van der Waals surface area contributed by atoms with Crippen LogP contribution in [0.5, 0.6) is 0 Å². The van der Waals surface area contributed by atoms with E-state index in [4.69, 9.17) is 0 Å². The second-order valence-corrected chi connectivity index (χ2v) is 4.15. The molecule has 0 aliphatic heterocycles. The van der Waals surface area contributed by atoms with Crippen LogP contribution in [-0.4, -0.2) is 20.0 Å². The van der Waals surface area contributed by atoms with E-state index in [-0.39, 0.29) is 5.91 Å². The van der Waals surface area contributed by atoms with Crippen molar-refractivity contribution in [3.8, 4) is 0 Å². The van der Waals surface area contributed by atoms with Gasteiger partial charge in [-0.2, -0.15) is 0 Å². The number of nitrogens with zero attached hydrogens (tertiary/aromatic N) is 1. The lowest BCUT2D eigenvalue weighted by Crippen LogP contribution is -2.10. The van der Waals surface area contributed by atoms with Gasteiger partial charge in [-0.25, -0.2) is 0 Å². The van der Waals surface area contributed by atoms with Crippen molar-refractivity contribution < 1.29 is 4.79 Å². The van der Waals surface area contributed by atoms with Crippen molar-refractivity contribution in [1.29, 1.82) is 0 Å². The maximum atomic E-state index is 11.4. The molecule has 1 rings (SSSR count). The standard InChI is InChI=1S/C13H18N2O/c1-10(2)9-13(16)14-11-5-7-12(8-6-11)15(3)4/h5-9H,1-4H3,(H,14,16). The molecule has 0 heterocycles. The molecule has 0 aliphatic carbocycles. The third kappa shape index (κ3) is 3.77. The Morgan fingerprint density at radius 1 is 1.19 bits per heavy atom. The Morgan fingerprint density at radius 3 is 2.19 bits per heavy atom. The minimum Gasteiger partial charge on any atom is -0.378 e. The van der Waals surface area contributed by atoms with Crippen LogP contribution in [0, 0.1) is 0 Å². The number of hydrogen-bond acceptors (Lipinski definition) is 2. The van der Waals surface area contributed by atoms with Crippen LogP contribution < -0.4 is 10.2 Å². The highest BCUT2D eigenvalue weighted by molar-refractivity contribution is 5.99. The molecule has 0 aromatic heterocycles. The lowest BCUT2D eigenvalue weighted by atomic mass is 10.2. The largest absolute Gasteiger partial charge is 0.378 e. The first-order valence-corrected chi connectivity index (χ1v) is 5.22. The SMILES string of the molecule is CC(C)=CC(=O)Nc1ccc(N(C)C)cc1. The average Bonchev–Trinajstić information content (AvgIpc) is 2.16. The van der Waals surface area contributed by atoms with E-state index in [1.54, 1.807) is 6.08 Å². The normalized spacial score (nSPS) is 9.50. The highest BCUT2D eigenvalue weighted by Gasteiger charge is 1.99. The Kier molecular flexibility index (Phi) is 4.11. The predicted octanol–water partition coefficient (Wildman–Crippen LogP) is 2.66. The van der Waals surface area contributed by atoms with Crippen molar-refractivity contribution in [3.63, 3.8) is 0 Å². The van der Waals surface area contributed by atoms with Crippen LogP contribution in [0.4, 0.5) is 11.4 Å². The van der Waals surface area contributed by atoms with Gasteiger partial charge in [-0.05, 0) is 38.1 Å². The van der Waals surface area contributed by atoms with E-state index < -0.39 is 0 Å². The van der Waals surface area contributed by atoms with Crippen LogP contribution in [0.25, 0.3) is 0 Å². The van der Waals surface area contributed by atoms with Crippen LogP contribution in [0.2, 0.25) is 0 Å². The lowest BCUT2D eigenvalue weighted by Gasteiger charge is -2.12. The van der Waals surface area contributed by atoms with Crippen LogP contribution >= 0.6 is 0 Å². The summed E-state index contributed by atoms with van der Waals surface area (Å²) in [5.41, 5.74) is 2.91. The molecule has 0 radical (unpaired) electrons. The number of benzene rings is 1. The first kappa shape index (κ1) is 12.3. The maximum absolute atomic E-state index is 11.4. The Bertz CT molecular complexity index is 387. The number of rotatable bonds is 3. The van der Waals surface area contributed by atoms with Crippen LogP contribution in [0.1, 0.15) is 13.8 Å². The molecule has 0 aliphatic rings. The number of allylic oxidation sites excluding steroid dienone is 1. The Balaban J connectivity index is 2.69. The molecule has 3 heteroatoms. The van der Waals surface area contributed by atoms with Gasteiger partial charge in [0.2, 0.25) is 5.91 Å². The molecule has 0 saturated heterocycles. The molecule has 0 saturated carbocycles. The fourth-order valence-electron chi connectivity index (χ4n) is 1.28. The fraction of sp³-hybridized carbons (Fsp3) is 0.308. The molecule has 1 amide bonds. The van der Waals surface area contributed by atoms with Gasteiger partial charge in [0.1, 0.15) is 0 Å². The molecule has 0 unspecified atom stereocenters. The number of amides is 1. The Hall–Kier alpha value is -1.77. The quantitative estimate of drug-likeness (QED) is 0.791. The highest BCUT2D eigenvalue weighted by atomic mass is 16.1. The highest BCUT2D eigenvalue weighted by Crippen LogP contribution is 2.15. The lowest BCUT2D eigenvalue weighted by molar-refractivity contribution is -0.111. The van der Waals surface area contributed by atoms with E-state index in [0.29, 0.717) is 0 Å². The zero-order valence-corrected chi connectivity index (χ0v) is 10.2. The van der Waals surface area contributed by atoms with Crippen LogP contribution in [0.3, 0.4) is 0 Å². The van der Waals surface area contributed by atoms with Crippen molar-refractivity contribution in [3.05, 3.63) is 35.9 Å². The van der Waals surface area contributed by atoms with Crippen molar-refractivity contribution in [2.75, 3.05) is 24.3 Å². The van der Waals surface area contributed by atoms with Crippen molar-refractivity contribution in [1.82, 2.24) is 0 Å². The zero-order valence-electron chi connectivity index (χ0n) is 10.2. The Labute approximate surface area is 96.8 Å². The molecule has 1 N–H and O–H groups in total. The number of carbonyl (C=O) groups is 1. The molecular formula is C13H18N2O. The van der Waals surface area contributed by atoms with Crippen LogP contribution in [-0.2, 0) is 4.79 Å². The Morgan fingerprint density at radius 2 is 1.75 bits per heavy atom. The van der Waals surface area contributed by atoms with Crippen molar-refractivity contribution >= 4 is 17.3 Å². The number of anilines is 2. The van der Waals surface area contributed by atoms with Gasteiger partial charge in [0.25, 0.3) is 0 Å². The summed E-state index contributed by atoms with van der Waals surface area (Å²) in [6.45, 7) is 3.80. The first-order valence-electron chi connectivity index (χ1n) is 5.22. The molecule has 1 aromatic rings. The van der Waals surface area contributed by atoms with Gasteiger partial charge in [0.15, 0.2) is 0 Å². The predicted molar refractivity (Wildman–Crippen MR) is 68.8 cm³/mol. The van der Waals surface area contributed by atoms with Gasteiger partial charge < -0.3 is 10.2 Å². The summed E-state index contributed by atoms with van der Waals surface area (Å²) in [6, 6.07) is 7.73. The summed E-state index contributed by atoms with van der Waals surface area (Å²) in [6.07, 6.45) is 1.58. The first-order chi connectivity index (χ1) is 7.49. The summed E-state index contributed by atoms with van der Waals surface area (Å²) in [7, 11) is 3.97. The minimum atomic E-state index is -0.0856. The van der Waals surface area contributed by atoms with Crippen LogP contribution in [0.15, 0.2) is 35.9 Å². The fourth-order valence-corrected chi connectivity index (χ4v) is 1.28. The number of hydrogen-bond donors (Lipinski definition) is 1. The minimum absolute atomic E-state index is 0.0856. The smallest absolute Gasteiger partial charge is 0.248 e. The van der Waals surface area contributed by atoms with Gasteiger partial charge >= 0.3 is 0 Å². The molecule has 0 fully saturated rings. The van der Waals surface area contributed by atoms with Crippen molar-refractivity contribution in [2.45, 2.75) is 13.8 Å². The zero-order chi connectivity index (χ0) is 12.1. The summed E-state index contributed by atoms with van der Waals surface area (Å²) >= 11 is 0. The average molecular weight is 218 g/mol. The van der Waals surface area contributed by atoms with E-state index in [1.807, 2.05) is 57.1 Å². The van der Waals surface area contributed by atoms with E-state index >= 15 is 0 Å². The molecule has 0 atom stereocenters. The van der Waals surface area contributed by atoms with Gasteiger partial charge in [-0.1, -0.05) is 5.57 Å². The molecule has 0 bridgehead atoms. The number of nitrogens with one attached hydrogen (secondary N) is 1. The second kappa shape index (κ2) is 5.35. The third-order valence-electron chi connectivity index (χ3n) is 2.07. The molecular weight excluding hydrogens is 200 g/mol. The summed E-state index contributed by atoms with van der Waals surface area (Å²) in [4.78, 5) is 13.5. The molecule has 0 spiro atoms. The van der Waals surface area contributed by atoms with Gasteiger partial charge in [0, 0.05) is 31.5 Å². The van der Waals surface area contributed by atoms with Gasteiger partial charge in [0.05, 0.1) is 0 Å². The molecule has 1 aromatic carbocycles. The number of carbonyl (C=O) groups excluding carboxylic acids is 1. The summed E-state index contributed by atoms with van der Waals surface area (Å²) in [5.74, 6) is -0.0856. The van der Waals surface area contributed by atoms with E-state index in [1.165, 1.54) is 0 Å². The van der Waals surface area contributed by atoms with Gasteiger partial charge in [-0.15, -0.1) is 0 Å². The monoisotopic (exact) mass is 218 g/mol. The topological polar surface area (TPSA) is 32.3 Å². The van der Waals surface area contributed by atoms with Crippen molar-refractivity contribution in [2.24, 2.45) is 0 Å². The molecule has 3 nitrogen and oxygen atoms in total. The van der Waals surface area contributed by atoms with Gasteiger partial charge in [-0.3, -0.25) is 4.79 Å². The summed E-state index contributed by atoms with van der Waals surface area (Å²) < 4.78 is 0. The van der Waals surface area contributed by atoms with E-state index in [0.717, 1.165) is 16.9 Å². The molecule has 16 heavy (non-hydrogen) atoms.